The first-order valence-corrected chi connectivity index (χ1v) is 9.50. The molecule has 0 unspecified atom stereocenters. The van der Waals surface area contributed by atoms with Crippen molar-refractivity contribution in [3.8, 4) is 0 Å². The van der Waals surface area contributed by atoms with E-state index in [1.165, 1.54) is 24.0 Å². The first-order chi connectivity index (χ1) is 11.9. The molecule has 6 nitrogen and oxygen atoms in total. The predicted octanol–water partition coefficient (Wildman–Crippen LogP) is 1.68. The standard InChI is InChI=1S/C18H18N2O4S/c1-13(21)19-17-15-9-5-6-10-16(15)20(18(17)22)11-12-25(23,24)14-7-3-2-4-8-14/h2-10,17H,11-12H2,1H3,(H,19,21)/t17-/m0/s1. The lowest BCUT2D eigenvalue weighted by atomic mass is 10.1. The fraction of sp³-hybridized carbons (Fsp3) is 0.222. The van der Waals surface area contributed by atoms with Crippen LogP contribution >= 0.6 is 0 Å². The first kappa shape index (κ1) is 17.2. The quantitative estimate of drug-likeness (QED) is 0.881. The summed E-state index contributed by atoms with van der Waals surface area (Å²) in [7, 11) is -3.50. The second kappa shape index (κ2) is 6.68. The third-order valence-electron chi connectivity index (χ3n) is 4.09. The molecule has 2 amide bonds. The minimum absolute atomic E-state index is 0.0309. The molecule has 25 heavy (non-hydrogen) atoms. The van der Waals surface area contributed by atoms with E-state index in [2.05, 4.69) is 5.32 Å². The molecule has 2 aromatic carbocycles. The van der Waals surface area contributed by atoms with Crippen LogP contribution in [0.15, 0.2) is 59.5 Å². The molecular weight excluding hydrogens is 340 g/mol. The number of para-hydroxylation sites is 1. The van der Waals surface area contributed by atoms with Crippen molar-refractivity contribution in [3.63, 3.8) is 0 Å². The summed E-state index contributed by atoms with van der Waals surface area (Å²) in [5.41, 5.74) is 1.31. The SMILES string of the molecule is CC(=O)N[C@@H]1C(=O)N(CCS(=O)(=O)c2ccccc2)c2ccccc21. The summed E-state index contributed by atoms with van der Waals surface area (Å²) in [6, 6.07) is 14.5. The van der Waals surface area contributed by atoms with E-state index in [0.717, 1.165) is 0 Å². The van der Waals surface area contributed by atoms with Crippen LogP contribution in [-0.2, 0) is 19.4 Å². The van der Waals surface area contributed by atoms with Crippen molar-refractivity contribution in [2.45, 2.75) is 17.9 Å². The number of nitrogens with zero attached hydrogens (tertiary/aromatic N) is 1. The number of carbonyl (C=O) groups excluding carboxylic acids is 2. The van der Waals surface area contributed by atoms with Gasteiger partial charge in [0.15, 0.2) is 9.84 Å². The second-order valence-corrected chi connectivity index (χ2v) is 7.92. The van der Waals surface area contributed by atoms with Gasteiger partial charge in [-0.15, -0.1) is 0 Å². The normalized spacial score (nSPS) is 16.6. The van der Waals surface area contributed by atoms with Crippen LogP contribution < -0.4 is 10.2 Å². The Kier molecular flexibility index (Phi) is 4.59. The van der Waals surface area contributed by atoms with E-state index in [1.807, 2.05) is 0 Å². The number of hydrogen-bond donors (Lipinski definition) is 1. The Morgan fingerprint density at radius 3 is 2.40 bits per heavy atom. The lowest BCUT2D eigenvalue weighted by molar-refractivity contribution is -0.126. The van der Waals surface area contributed by atoms with Gasteiger partial charge in [-0.1, -0.05) is 36.4 Å². The van der Waals surface area contributed by atoms with Crippen LogP contribution in [-0.4, -0.2) is 32.5 Å². The Labute approximate surface area is 146 Å². The van der Waals surface area contributed by atoms with Crippen molar-refractivity contribution in [2.24, 2.45) is 0 Å². The van der Waals surface area contributed by atoms with Gasteiger partial charge in [-0.2, -0.15) is 0 Å². The number of anilines is 1. The highest BCUT2D eigenvalue weighted by atomic mass is 32.2. The molecular formula is C18H18N2O4S. The second-order valence-electron chi connectivity index (χ2n) is 5.81. The van der Waals surface area contributed by atoms with Crippen molar-refractivity contribution >= 4 is 27.3 Å². The van der Waals surface area contributed by atoms with Gasteiger partial charge >= 0.3 is 0 Å². The van der Waals surface area contributed by atoms with Crippen LogP contribution in [0.5, 0.6) is 0 Å². The molecule has 1 atom stereocenters. The van der Waals surface area contributed by atoms with E-state index >= 15 is 0 Å². The first-order valence-electron chi connectivity index (χ1n) is 7.85. The summed E-state index contributed by atoms with van der Waals surface area (Å²) in [6.07, 6.45) is 0. The van der Waals surface area contributed by atoms with Crippen LogP contribution in [0.25, 0.3) is 0 Å². The molecule has 0 aromatic heterocycles. The predicted molar refractivity (Wildman–Crippen MR) is 93.8 cm³/mol. The molecule has 7 heteroatoms. The number of rotatable bonds is 5. The molecule has 0 bridgehead atoms. The average Bonchev–Trinajstić information content (AvgIpc) is 2.86. The molecule has 1 N–H and O–H groups in total. The van der Waals surface area contributed by atoms with Crippen molar-refractivity contribution in [3.05, 3.63) is 60.2 Å². The van der Waals surface area contributed by atoms with Gasteiger partial charge in [0, 0.05) is 24.7 Å². The van der Waals surface area contributed by atoms with Crippen molar-refractivity contribution < 1.29 is 18.0 Å². The number of amides is 2. The fourth-order valence-electron chi connectivity index (χ4n) is 2.92. The lowest BCUT2D eigenvalue weighted by Crippen LogP contribution is -2.38. The molecule has 1 aliphatic heterocycles. The summed E-state index contributed by atoms with van der Waals surface area (Å²) in [4.78, 5) is 25.7. The molecule has 3 rings (SSSR count). The molecule has 0 saturated heterocycles. The van der Waals surface area contributed by atoms with Gasteiger partial charge in [0.2, 0.25) is 5.91 Å². The van der Waals surface area contributed by atoms with E-state index in [1.54, 1.807) is 42.5 Å². The fourth-order valence-corrected chi connectivity index (χ4v) is 4.15. The van der Waals surface area contributed by atoms with Crippen molar-refractivity contribution in [1.29, 1.82) is 0 Å². The van der Waals surface area contributed by atoms with Gasteiger partial charge < -0.3 is 10.2 Å². The molecule has 2 aromatic rings. The number of sulfone groups is 1. The minimum atomic E-state index is -3.50. The van der Waals surface area contributed by atoms with Crippen LogP contribution in [0.4, 0.5) is 5.69 Å². The third-order valence-corrected chi connectivity index (χ3v) is 5.80. The van der Waals surface area contributed by atoms with Crippen LogP contribution in [0.1, 0.15) is 18.5 Å². The van der Waals surface area contributed by atoms with Crippen molar-refractivity contribution in [2.75, 3.05) is 17.2 Å². The monoisotopic (exact) mass is 358 g/mol. The zero-order chi connectivity index (χ0) is 18.0. The average molecular weight is 358 g/mol. The largest absolute Gasteiger partial charge is 0.341 e. The maximum Gasteiger partial charge on any atom is 0.254 e. The Morgan fingerprint density at radius 2 is 1.72 bits per heavy atom. The summed E-state index contributed by atoms with van der Waals surface area (Å²) in [5, 5.41) is 2.63. The zero-order valence-corrected chi connectivity index (χ0v) is 14.5. The van der Waals surface area contributed by atoms with Crippen LogP contribution in [0.2, 0.25) is 0 Å². The number of nitrogens with one attached hydrogen (secondary N) is 1. The molecule has 0 aliphatic carbocycles. The highest BCUT2D eigenvalue weighted by Crippen LogP contribution is 2.35. The number of benzene rings is 2. The molecule has 0 radical (unpaired) electrons. The van der Waals surface area contributed by atoms with Gasteiger partial charge in [-0.05, 0) is 18.2 Å². The Bertz CT molecular complexity index is 910. The van der Waals surface area contributed by atoms with Crippen LogP contribution in [0.3, 0.4) is 0 Å². The Morgan fingerprint density at radius 1 is 1.08 bits per heavy atom. The number of carbonyl (C=O) groups is 2. The molecule has 0 fully saturated rings. The van der Waals surface area contributed by atoms with Crippen molar-refractivity contribution in [1.82, 2.24) is 5.32 Å². The highest BCUT2D eigenvalue weighted by Gasteiger charge is 2.37. The number of hydrogen-bond acceptors (Lipinski definition) is 4. The smallest absolute Gasteiger partial charge is 0.254 e. The van der Waals surface area contributed by atoms with Crippen LogP contribution in [0, 0.1) is 0 Å². The maximum atomic E-state index is 12.7. The Hall–Kier alpha value is -2.67. The topological polar surface area (TPSA) is 83.6 Å². The molecule has 130 valence electrons. The van der Waals surface area contributed by atoms with Gasteiger partial charge in [0.05, 0.1) is 10.6 Å². The van der Waals surface area contributed by atoms with Gasteiger partial charge in [0.1, 0.15) is 6.04 Å². The Balaban J connectivity index is 1.83. The molecule has 0 spiro atoms. The summed E-state index contributed by atoms with van der Waals surface area (Å²) in [6.45, 7) is 1.38. The van der Waals surface area contributed by atoms with E-state index in [4.69, 9.17) is 0 Å². The number of fused-ring (bicyclic) bond motifs is 1. The van der Waals surface area contributed by atoms with Gasteiger partial charge in [0.25, 0.3) is 5.91 Å². The van der Waals surface area contributed by atoms with E-state index in [9.17, 15) is 18.0 Å². The van der Waals surface area contributed by atoms with E-state index < -0.39 is 15.9 Å². The summed E-state index contributed by atoms with van der Waals surface area (Å²) >= 11 is 0. The van der Waals surface area contributed by atoms with Gasteiger partial charge in [-0.3, -0.25) is 9.59 Å². The maximum absolute atomic E-state index is 12.7. The minimum Gasteiger partial charge on any atom is -0.341 e. The molecule has 1 heterocycles. The van der Waals surface area contributed by atoms with Gasteiger partial charge in [-0.25, -0.2) is 8.42 Å². The highest BCUT2D eigenvalue weighted by molar-refractivity contribution is 7.91. The lowest BCUT2D eigenvalue weighted by Gasteiger charge is -2.18. The summed E-state index contributed by atoms with van der Waals surface area (Å²) < 4.78 is 24.9. The molecule has 1 aliphatic rings. The molecule has 0 saturated carbocycles. The van der Waals surface area contributed by atoms with E-state index in [0.29, 0.717) is 11.3 Å². The third kappa shape index (κ3) is 3.41. The summed E-state index contributed by atoms with van der Waals surface area (Å²) in [5.74, 6) is -0.823. The van der Waals surface area contributed by atoms with E-state index in [-0.39, 0.29) is 29.0 Å². The zero-order valence-electron chi connectivity index (χ0n) is 13.7.